The molecule has 0 bridgehead atoms. The van der Waals surface area contributed by atoms with Gasteiger partial charge in [0.2, 0.25) is 5.91 Å². The first-order valence-corrected chi connectivity index (χ1v) is 5.54. The number of carbonyl (C=O) groups excluding carboxylic acids is 2. The van der Waals surface area contributed by atoms with Crippen molar-refractivity contribution in [2.24, 2.45) is 0 Å². The summed E-state index contributed by atoms with van der Waals surface area (Å²) in [6, 6.07) is 0. The van der Waals surface area contributed by atoms with Gasteiger partial charge >= 0.3 is 5.97 Å². The molecule has 0 aliphatic heterocycles. The molecular weight excluding hydrogens is 218 g/mol. The van der Waals surface area contributed by atoms with E-state index in [9.17, 15) is 9.59 Å². The van der Waals surface area contributed by atoms with Crippen molar-refractivity contribution in [1.29, 1.82) is 0 Å². The predicted octanol–water partition coefficient (Wildman–Crippen LogP) is 1.46. The Balaban J connectivity index is 3.57. The monoisotopic (exact) mass is 235 g/mol. The van der Waals surface area contributed by atoms with Gasteiger partial charge in [-0.05, 0) is 6.42 Å². The molecule has 0 aliphatic rings. The standard InChI is InChI=1S/C10H18ClNO3/c1-3-4-5-6-9(13)12-7-8(11)10(14)15-2/h8H,3-7H2,1-2H3,(H,12,13). The van der Waals surface area contributed by atoms with Gasteiger partial charge in [-0.2, -0.15) is 0 Å². The first-order valence-electron chi connectivity index (χ1n) is 5.10. The zero-order valence-electron chi connectivity index (χ0n) is 9.22. The summed E-state index contributed by atoms with van der Waals surface area (Å²) in [6.07, 6.45) is 3.47. The van der Waals surface area contributed by atoms with Gasteiger partial charge in [-0.3, -0.25) is 9.59 Å². The van der Waals surface area contributed by atoms with Crippen molar-refractivity contribution >= 4 is 23.5 Å². The second kappa shape index (κ2) is 8.53. The fraction of sp³-hybridized carbons (Fsp3) is 0.800. The van der Waals surface area contributed by atoms with Crippen molar-refractivity contribution in [1.82, 2.24) is 5.32 Å². The van der Waals surface area contributed by atoms with Crippen molar-refractivity contribution in [3.8, 4) is 0 Å². The van der Waals surface area contributed by atoms with Crippen LogP contribution >= 0.6 is 11.6 Å². The van der Waals surface area contributed by atoms with E-state index in [1.54, 1.807) is 0 Å². The molecule has 1 N–H and O–H groups in total. The van der Waals surface area contributed by atoms with E-state index < -0.39 is 11.3 Å². The first kappa shape index (κ1) is 14.2. The number of ether oxygens (including phenoxy) is 1. The van der Waals surface area contributed by atoms with E-state index in [2.05, 4.69) is 17.0 Å². The Morgan fingerprint density at radius 3 is 2.60 bits per heavy atom. The lowest BCUT2D eigenvalue weighted by atomic mass is 10.2. The van der Waals surface area contributed by atoms with Gasteiger partial charge in [0.1, 0.15) is 5.38 Å². The summed E-state index contributed by atoms with van der Waals surface area (Å²) in [7, 11) is 1.26. The summed E-state index contributed by atoms with van der Waals surface area (Å²) < 4.78 is 4.42. The normalized spacial score (nSPS) is 11.9. The van der Waals surface area contributed by atoms with E-state index in [-0.39, 0.29) is 12.5 Å². The molecule has 0 spiro atoms. The number of hydrogen-bond donors (Lipinski definition) is 1. The summed E-state index contributed by atoms with van der Waals surface area (Å²) in [5.41, 5.74) is 0. The fourth-order valence-electron chi connectivity index (χ4n) is 1.04. The van der Waals surface area contributed by atoms with Crippen LogP contribution in [0.2, 0.25) is 0 Å². The molecule has 1 unspecified atom stereocenters. The van der Waals surface area contributed by atoms with Crippen LogP contribution < -0.4 is 5.32 Å². The minimum Gasteiger partial charge on any atom is -0.468 e. The predicted molar refractivity (Wildman–Crippen MR) is 58.8 cm³/mol. The third kappa shape index (κ3) is 7.19. The van der Waals surface area contributed by atoms with Crippen LogP contribution in [-0.4, -0.2) is 30.9 Å². The highest BCUT2D eigenvalue weighted by Gasteiger charge is 2.16. The van der Waals surface area contributed by atoms with E-state index in [0.717, 1.165) is 19.3 Å². The third-order valence-electron chi connectivity index (χ3n) is 1.94. The number of methoxy groups -OCH3 is 1. The minimum absolute atomic E-state index is 0.0713. The van der Waals surface area contributed by atoms with Crippen LogP contribution in [0, 0.1) is 0 Å². The quantitative estimate of drug-likeness (QED) is 0.413. The molecule has 0 saturated heterocycles. The van der Waals surface area contributed by atoms with Crippen molar-refractivity contribution in [3.63, 3.8) is 0 Å². The number of amides is 1. The number of alkyl halides is 1. The van der Waals surface area contributed by atoms with E-state index in [1.807, 2.05) is 0 Å². The lowest BCUT2D eigenvalue weighted by Gasteiger charge is -2.08. The van der Waals surface area contributed by atoms with Crippen LogP contribution in [0.25, 0.3) is 0 Å². The van der Waals surface area contributed by atoms with Crippen LogP contribution in [0.3, 0.4) is 0 Å². The van der Waals surface area contributed by atoms with E-state index in [0.29, 0.717) is 6.42 Å². The SMILES string of the molecule is CCCCCC(=O)NCC(Cl)C(=O)OC. The van der Waals surface area contributed by atoms with Crippen LogP contribution in [0.15, 0.2) is 0 Å². The van der Waals surface area contributed by atoms with Crippen molar-refractivity contribution in [2.75, 3.05) is 13.7 Å². The number of esters is 1. The molecule has 0 radical (unpaired) electrons. The Morgan fingerprint density at radius 1 is 1.40 bits per heavy atom. The van der Waals surface area contributed by atoms with Crippen LogP contribution in [0.5, 0.6) is 0 Å². The van der Waals surface area contributed by atoms with E-state index in [1.165, 1.54) is 7.11 Å². The lowest BCUT2D eigenvalue weighted by Crippen LogP contribution is -2.34. The number of halogens is 1. The molecule has 1 atom stereocenters. The summed E-state index contributed by atoms with van der Waals surface area (Å²) in [6.45, 7) is 2.20. The Morgan fingerprint density at radius 2 is 2.07 bits per heavy atom. The van der Waals surface area contributed by atoms with Crippen molar-refractivity contribution < 1.29 is 14.3 Å². The van der Waals surface area contributed by atoms with Crippen LogP contribution in [0.1, 0.15) is 32.6 Å². The van der Waals surface area contributed by atoms with Gasteiger partial charge in [0.25, 0.3) is 0 Å². The third-order valence-corrected chi connectivity index (χ3v) is 2.28. The highest BCUT2D eigenvalue weighted by atomic mass is 35.5. The first-order chi connectivity index (χ1) is 7.11. The average Bonchev–Trinajstić information content (AvgIpc) is 2.25. The van der Waals surface area contributed by atoms with Gasteiger partial charge in [-0.25, -0.2) is 0 Å². The molecular formula is C10H18ClNO3. The molecule has 0 aromatic heterocycles. The maximum Gasteiger partial charge on any atom is 0.325 e. The molecule has 0 aromatic rings. The second-order valence-electron chi connectivity index (χ2n) is 3.25. The highest BCUT2D eigenvalue weighted by Crippen LogP contribution is 2.00. The largest absolute Gasteiger partial charge is 0.468 e. The fourth-order valence-corrected chi connectivity index (χ4v) is 1.20. The highest BCUT2D eigenvalue weighted by molar-refractivity contribution is 6.30. The number of hydrogen-bond acceptors (Lipinski definition) is 3. The Labute approximate surface area is 95.3 Å². The molecule has 15 heavy (non-hydrogen) atoms. The van der Waals surface area contributed by atoms with Gasteiger partial charge in [-0.15, -0.1) is 11.6 Å². The minimum atomic E-state index is -0.801. The Hall–Kier alpha value is -0.770. The molecule has 0 aliphatic carbocycles. The van der Waals surface area contributed by atoms with Crippen molar-refractivity contribution in [2.45, 2.75) is 38.0 Å². The molecule has 0 saturated carbocycles. The number of rotatable bonds is 7. The molecule has 0 rings (SSSR count). The average molecular weight is 236 g/mol. The zero-order chi connectivity index (χ0) is 11.7. The van der Waals surface area contributed by atoms with Gasteiger partial charge in [0, 0.05) is 13.0 Å². The van der Waals surface area contributed by atoms with Crippen molar-refractivity contribution in [3.05, 3.63) is 0 Å². The van der Waals surface area contributed by atoms with E-state index >= 15 is 0 Å². The number of nitrogens with one attached hydrogen (secondary N) is 1. The maximum absolute atomic E-state index is 11.2. The summed E-state index contributed by atoms with van der Waals surface area (Å²) in [5.74, 6) is -0.594. The second-order valence-corrected chi connectivity index (χ2v) is 3.78. The van der Waals surface area contributed by atoms with Gasteiger partial charge in [0.15, 0.2) is 0 Å². The topological polar surface area (TPSA) is 55.4 Å². The van der Waals surface area contributed by atoms with Crippen LogP contribution in [0.4, 0.5) is 0 Å². The zero-order valence-corrected chi connectivity index (χ0v) is 9.97. The van der Waals surface area contributed by atoms with Gasteiger partial charge < -0.3 is 10.1 Å². The Bertz CT molecular complexity index is 209. The molecule has 0 aromatic carbocycles. The molecule has 0 heterocycles. The lowest BCUT2D eigenvalue weighted by molar-refractivity contribution is -0.140. The summed E-state index contributed by atoms with van der Waals surface area (Å²) >= 11 is 5.65. The summed E-state index contributed by atoms with van der Waals surface area (Å²) in [4.78, 5) is 22.1. The Kier molecular flexibility index (Phi) is 8.09. The number of unbranched alkanes of at least 4 members (excludes halogenated alkanes) is 2. The number of carbonyl (C=O) groups is 2. The molecule has 1 amide bonds. The van der Waals surface area contributed by atoms with Gasteiger partial charge in [-0.1, -0.05) is 19.8 Å². The summed E-state index contributed by atoms with van der Waals surface area (Å²) in [5, 5.41) is 1.78. The smallest absolute Gasteiger partial charge is 0.325 e. The maximum atomic E-state index is 11.2. The molecule has 88 valence electrons. The van der Waals surface area contributed by atoms with E-state index in [4.69, 9.17) is 11.6 Å². The molecule has 4 nitrogen and oxygen atoms in total. The molecule has 0 fully saturated rings. The van der Waals surface area contributed by atoms with Crippen LogP contribution in [-0.2, 0) is 14.3 Å². The molecule has 5 heteroatoms. The van der Waals surface area contributed by atoms with Gasteiger partial charge in [0.05, 0.1) is 7.11 Å².